The van der Waals surface area contributed by atoms with Crippen LogP contribution in [0.4, 0.5) is 13.2 Å². The standard InChI is InChI=1S/C18H24F3N5O.HI/c1-3-22-17(23-11-4-5-16-25-13(2)26-27-16)24-12-10-14-6-8-15(9-7-14)18(19,20)21;/h6-9H,3-5,10-12H2,1-2H3,(H2,22,23,24);1H. The third-order valence-corrected chi connectivity index (χ3v) is 3.72. The SMILES string of the molecule is CCNC(=NCCCc1nc(C)no1)NCCc1ccc(C(F)(F)F)cc1.I. The summed E-state index contributed by atoms with van der Waals surface area (Å²) in [4.78, 5) is 8.61. The van der Waals surface area contributed by atoms with Gasteiger partial charge < -0.3 is 15.2 Å². The van der Waals surface area contributed by atoms with E-state index in [2.05, 4.69) is 25.8 Å². The fraction of sp³-hybridized carbons (Fsp3) is 0.500. The van der Waals surface area contributed by atoms with E-state index >= 15 is 0 Å². The largest absolute Gasteiger partial charge is 0.416 e. The molecule has 0 aliphatic heterocycles. The minimum absolute atomic E-state index is 0. The van der Waals surface area contributed by atoms with Crippen LogP contribution in [0.25, 0.3) is 0 Å². The number of aryl methyl sites for hydroxylation is 2. The van der Waals surface area contributed by atoms with Crippen LogP contribution in [0, 0.1) is 6.92 Å². The van der Waals surface area contributed by atoms with Gasteiger partial charge in [0.25, 0.3) is 0 Å². The summed E-state index contributed by atoms with van der Waals surface area (Å²) in [5, 5.41) is 10.1. The summed E-state index contributed by atoms with van der Waals surface area (Å²) in [5.74, 6) is 1.89. The van der Waals surface area contributed by atoms with Crippen molar-refractivity contribution < 1.29 is 17.7 Å². The fourth-order valence-corrected chi connectivity index (χ4v) is 2.39. The highest BCUT2D eigenvalue weighted by molar-refractivity contribution is 14.0. The summed E-state index contributed by atoms with van der Waals surface area (Å²) in [6, 6.07) is 5.21. The maximum absolute atomic E-state index is 12.6. The summed E-state index contributed by atoms with van der Waals surface area (Å²) in [5.41, 5.74) is 0.198. The molecule has 2 rings (SSSR count). The number of nitrogens with one attached hydrogen (secondary N) is 2. The average molecular weight is 511 g/mol. The molecule has 156 valence electrons. The monoisotopic (exact) mass is 511 g/mol. The molecule has 0 aliphatic carbocycles. The van der Waals surface area contributed by atoms with Crippen LogP contribution in [0.5, 0.6) is 0 Å². The minimum atomic E-state index is -4.30. The van der Waals surface area contributed by atoms with E-state index in [1.165, 1.54) is 12.1 Å². The highest BCUT2D eigenvalue weighted by atomic mass is 127. The Labute approximate surface area is 179 Å². The highest BCUT2D eigenvalue weighted by Gasteiger charge is 2.29. The summed E-state index contributed by atoms with van der Waals surface area (Å²) in [6.45, 7) is 5.62. The van der Waals surface area contributed by atoms with Crippen molar-refractivity contribution in [2.75, 3.05) is 19.6 Å². The summed E-state index contributed by atoms with van der Waals surface area (Å²) >= 11 is 0. The van der Waals surface area contributed by atoms with Crippen LogP contribution >= 0.6 is 24.0 Å². The Kier molecular flexibility index (Phi) is 10.3. The highest BCUT2D eigenvalue weighted by Crippen LogP contribution is 2.29. The van der Waals surface area contributed by atoms with Crippen molar-refractivity contribution in [2.24, 2.45) is 4.99 Å². The van der Waals surface area contributed by atoms with Crippen LogP contribution in [0.1, 0.15) is 36.2 Å². The first kappa shape index (κ1) is 24.2. The lowest BCUT2D eigenvalue weighted by Crippen LogP contribution is -2.38. The lowest BCUT2D eigenvalue weighted by molar-refractivity contribution is -0.137. The van der Waals surface area contributed by atoms with Crippen molar-refractivity contribution in [1.29, 1.82) is 0 Å². The van der Waals surface area contributed by atoms with Gasteiger partial charge in [-0.25, -0.2) is 0 Å². The van der Waals surface area contributed by atoms with Crippen molar-refractivity contribution in [3.8, 4) is 0 Å². The molecule has 1 aromatic carbocycles. The van der Waals surface area contributed by atoms with E-state index in [4.69, 9.17) is 4.52 Å². The molecule has 6 nitrogen and oxygen atoms in total. The second-order valence-electron chi connectivity index (χ2n) is 5.97. The Morgan fingerprint density at radius 3 is 2.43 bits per heavy atom. The molecule has 0 amide bonds. The van der Waals surface area contributed by atoms with Gasteiger partial charge in [-0.1, -0.05) is 17.3 Å². The number of aliphatic imine (C=N–C) groups is 1. The molecule has 0 radical (unpaired) electrons. The summed E-state index contributed by atoms with van der Waals surface area (Å²) in [6.07, 6.45) is -2.27. The van der Waals surface area contributed by atoms with Crippen molar-refractivity contribution in [1.82, 2.24) is 20.8 Å². The Morgan fingerprint density at radius 1 is 1.14 bits per heavy atom. The molecule has 0 bridgehead atoms. The number of nitrogens with zero attached hydrogens (tertiary/aromatic N) is 3. The summed E-state index contributed by atoms with van der Waals surface area (Å²) < 4.78 is 42.8. The van der Waals surface area contributed by atoms with Crippen LogP contribution in [0.15, 0.2) is 33.8 Å². The second-order valence-corrected chi connectivity index (χ2v) is 5.97. The minimum Gasteiger partial charge on any atom is -0.357 e. The molecule has 0 unspecified atom stereocenters. The Hall–Kier alpha value is -1.85. The number of alkyl halides is 3. The first-order chi connectivity index (χ1) is 12.9. The van der Waals surface area contributed by atoms with E-state index in [1.807, 2.05) is 6.92 Å². The molecule has 1 aromatic heterocycles. The zero-order chi connectivity index (χ0) is 19.7. The molecule has 1 heterocycles. The molecule has 0 fully saturated rings. The molecule has 0 spiro atoms. The van der Waals surface area contributed by atoms with Crippen LogP contribution in [0.3, 0.4) is 0 Å². The Balaban J connectivity index is 0.00000392. The van der Waals surface area contributed by atoms with Gasteiger partial charge in [0, 0.05) is 26.1 Å². The number of benzene rings is 1. The van der Waals surface area contributed by atoms with Crippen molar-refractivity contribution in [3.63, 3.8) is 0 Å². The lowest BCUT2D eigenvalue weighted by Gasteiger charge is -2.12. The van der Waals surface area contributed by atoms with Crippen LogP contribution in [-0.2, 0) is 19.0 Å². The number of halogens is 4. The molecule has 2 aromatic rings. The van der Waals surface area contributed by atoms with Gasteiger partial charge in [-0.2, -0.15) is 18.2 Å². The van der Waals surface area contributed by atoms with Gasteiger partial charge in [-0.15, -0.1) is 24.0 Å². The molecule has 2 N–H and O–H groups in total. The van der Waals surface area contributed by atoms with E-state index in [0.29, 0.717) is 43.6 Å². The molecule has 0 saturated carbocycles. The number of rotatable bonds is 8. The number of hydrogen-bond acceptors (Lipinski definition) is 4. The first-order valence-corrected chi connectivity index (χ1v) is 8.86. The van der Waals surface area contributed by atoms with E-state index in [1.54, 1.807) is 6.92 Å². The third-order valence-electron chi connectivity index (χ3n) is 3.72. The first-order valence-electron chi connectivity index (χ1n) is 8.86. The average Bonchev–Trinajstić information content (AvgIpc) is 3.03. The van der Waals surface area contributed by atoms with E-state index in [-0.39, 0.29) is 24.0 Å². The van der Waals surface area contributed by atoms with Crippen LogP contribution in [0.2, 0.25) is 0 Å². The number of hydrogen-bond donors (Lipinski definition) is 2. The van der Waals surface area contributed by atoms with E-state index < -0.39 is 11.7 Å². The smallest absolute Gasteiger partial charge is 0.357 e. The Morgan fingerprint density at radius 2 is 1.86 bits per heavy atom. The fourth-order valence-electron chi connectivity index (χ4n) is 2.39. The molecular formula is C18H25F3IN5O. The summed E-state index contributed by atoms with van der Waals surface area (Å²) in [7, 11) is 0. The number of guanidine groups is 1. The van der Waals surface area contributed by atoms with Gasteiger partial charge in [-0.3, -0.25) is 4.99 Å². The van der Waals surface area contributed by atoms with E-state index in [0.717, 1.165) is 30.7 Å². The van der Waals surface area contributed by atoms with Gasteiger partial charge in [0.2, 0.25) is 5.89 Å². The topological polar surface area (TPSA) is 75.3 Å². The van der Waals surface area contributed by atoms with Crippen molar-refractivity contribution in [2.45, 2.75) is 39.3 Å². The predicted octanol–water partition coefficient (Wildman–Crippen LogP) is 3.75. The zero-order valence-electron chi connectivity index (χ0n) is 15.8. The number of aromatic nitrogens is 2. The zero-order valence-corrected chi connectivity index (χ0v) is 18.2. The molecule has 10 heteroatoms. The normalized spacial score (nSPS) is 11.8. The van der Waals surface area contributed by atoms with E-state index in [9.17, 15) is 13.2 Å². The lowest BCUT2D eigenvalue weighted by atomic mass is 10.1. The Bertz CT molecular complexity index is 732. The molecule has 0 atom stereocenters. The third kappa shape index (κ3) is 8.44. The van der Waals surface area contributed by atoms with Crippen LogP contribution in [-0.4, -0.2) is 35.7 Å². The van der Waals surface area contributed by atoms with Gasteiger partial charge in [0.05, 0.1) is 5.56 Å². The molecular weight excluding hydrogens is 486 g/mol. The maximum Gasteiger partial charge on any atom is 0.416 e. The van der Waals surface area contributed by atoms with Gasteiger partial charge >= 0.3 is 6.18 Å². The maximum atomic E-state index is 12.6. The second kappa shape index (κ2) is 11.9. The van der Waals surface area contributed by atoms with Gasteiger partial charge in [0.15, 0.2) is 11.8 Å². The quantitative estimate of drug-likeness (QED) is 0.245. The van der Waals surface area contributed by atoms with Gasteiger partial charge in [0.1, 0.15) is 0 Å². The molecule has 28 heavy (non-hydrogen) atoms. The molecule has 0 saturated heterocycles. The molecule has 0 aliphatic rings. The van der Waals surface area contributed by atoms with Gasteiger partial charge in [-0.05, 0) is 44.4 Å². The van der Waals surface area contributed by atoms with Crippen LogP contribution < -0.4 is 10.6 Å². The van der Waals surface area contributed by atoms with Crippen molar-refractivity contribution in [3.05, 3.63) is 47.1 Å². The van der Waals surface area contributed by atoms with Crippen molar-refractivity contribution >= 4 is 29.9 Å². The predicted molar refractivity (Wildman–Crippen MR) is 112 cm³/mol.